The number of ether oxygens (including phenoxy) is 2. The summed E-state index contributed by atoms with van der Waals surface area (Å²) in [5.41, 5.74) is 0.612. The number of methoxy groups -OCH3 is 1. The lowest BCUT2D eigenvalue weighted by atomic mass is 10.2. The van der Waals surface area contributed by atoms with E-state index in [1.165, 1.54) is 0 Å². The van der Waals surface area contributed by atoms with Crippen LogP contribution in [0.4, 0.5) is 5.82 Å². The first-order valence-corrected chi connectivity index (χ1v) is 7.58. The van der Waals surface area contributed by atoms with Crippen molar-refractivity contribution >= 4 is 11.7 Å². The third kappa shape index (κ3) is 4.94. The van der Waals surface area contributed by atoms with E-state index in [2.05, 4.69) is 20.5 Å². The highest BCUT2D eigenvalue weighted by Gasteiger charge is 2.19. The van der Waals surface area contributed by atoms with E-state index >= 15 is 0 Å². The largest absolute Gasteiger partial charge is 0.383 e. The molecule has 122 valence electrons. The number of amides is 1. The smallest absolute Gasteiger partial charge is 0.255 e. The summed E-state index contributed by atoms with van der Waals surface area (Å²) in [6, 6.07) is 3.60. The molecule has 1 aliphatic rings. The van der Waals surface area contributed by atoms with Crippen molar-refractivity contribution in [3.8, 4) is 0 Å². The van der Waals surface area contributed by atoms with E-state index in [1.807, 2.05) is 6.07 Å². The first-order valence-electron chi connectivity index (χ1n) is 7.58. The lowest BCUT2D eigenvalue weighted by molar-refractivity contribution is 0.0951. The highest BCUT2D eigenvalue weighted by molar-refractivity contribution is 5.98. The van der Waals surface area contributed by atoms with Gasteiger partial charge in [-0.25, -0.2) is 4.98 Å². The third-order valence-corrected chi connectivity index (χ3v) is 3.41. The summed E-state index contributed by atoms with van der Waals surface area (Å²) in [7, 11) is 1.67. The molecule has 0 spiro atoms. The minimum atomic E-state index is -0.0943. The van der Waals surface area contributed by atoms with Crippen LogP contribution >= 0.6 is 0 Å². The van der Waals surface area contributed by atoms with Gasteiger partial charge in [0, 0.05) is 46.0 Å². The third-order valence-electron chi connectivity index (χ3n) is 3.41. The van der Waals surface area contributed by atoms with Gasteiger partial charge < -0.3 is 25.0 Å². The predicted molar refractivity (Wildman–Crippen MR) is 84.3 cm³/mol. The average molecular weight is 308 g/mol. The van der Waals surface area contributed by atoms with Crippen molar-refractivity contribution in [2.45, 2.75) is 0 Å². The second-order valence-electron chi connectivity index (χ2n) is 4.97. The Morgan fingerprint density at radius 1 is 1.36 bits per heavy atom. The lowest BCUT2D eigenvalue weighted by Crippen LogP contribution is -2.39. The Morgan fingerprint density at radius 2 is 2.18 bits per heavy atom. The number of nitrogens with one attached hydrogen (secondary N) is 2. The lowest BCUT2D eigenvalue weighted by Gasteiger charge is -2.29. The van der Waals surface area contributed by atoms with Crippen LogP contribution in [-0.2, 0) is 9.47 Å². The van der Waals surface area contributed by atoms with Crippen molar-refractivity contribution < 1.29 is 14.3 Å². The Balaban J connectivity index is 1.86. The molecule has 1 aromatic heterocycles. The van der Waals surface area contributed by atoms with Crippen LogP contribution in [0.1, 0.15) is 10.4 Å². The zero-order valence-corrected chi connectivity index (χ0v) is 13.0. The number of carbonyl (C=O) groups is 1. The normalized spacial score (nSPS) is 14.9. The van der Waals surface area contributed by atoms with E-state index in [0.717, 1.165) is 25.5 Å². The number of anilines is 1. The highest BCUT2D eigenvalue weighted by atomic mass is 16.5. The van der Waals surface area contributed by atoms with Gasteiger partial charge in [-0.15, -0.1) is 0 Å². The Bertz CT molecular complexity index is 464. The average Bonchev–Trinajstić information content (AvgIpc) is 2.58. The maximum atomic E-state index is 12.3. The number of pyridine rings is 1. The fourth-order valence-electron chi connectivity index (χ4n) is 2.26. The Hall–Kier alpha value is -1.70. The van der Waals surface area contributed by atoms with Gasteiger partial charge in [0.25, 0.3) is 5.91 Å². The summed E-state index contributed by atoms with van der Waals surface area (Å²) in [6.45, 7) is 5.58. The van der Waals surface area contributed by atoms with E-state index in [1.54, 1.807) is 19.4 Å². The molecular weight excluding hydrogens is 284 g/mol. The maximum Gasteiger partial charge on any atom is 0.255 e. The Kier molecular flexibility index (Phi) is 7.08. The number of morpholine rings is 1. The monoisotopic (exact) mass is 308 g/mol. The molecule has 7 nitrogen and oxygen atoms in total. The molecule has 7 heteroatoms. The number of nitrogens with zero attached hydrogens (tertiary/aromatic N) is 2. The van der Waals surface area contributed by atoms with E-state index < -0.39 is 0 Å². The molecule has 1 aliphatic heterocycles. The van der Waals surface area contributed by atoms with Gasteiger partial charge in [0.1, 0.15) is 5.82 Å². The van der Waals surface area contributed by atoms with Crippen LogP contribution in [0.2, 0.25) is 0 Å². The molecule has 2 rings (SSSR count). The van der Waals surface area contributed by atoms with E-state index in [4.69, 9.17) is 9.47 Å². The van der Waals surface area contributed by atoms with E-state index in [9.17, 15) is 4.79 Å². The first-order chi connectivity index (χ1) is 10.8. The van der Waals surface area contributed by atoms with Crippen molar-refractivity contribution in [2.24, 2.45) is 0 Å². The number of aromatic nitrogens is 1. The predicted octanol–water partition coefficient (Wildman–Crippen LogP) is -0.116. The molecule has 1 aromatic rings. The van der Waals surface area contributed by atoms with Crippen LogP contribution in [-0.4, -0.2) is 70.5 Å². The van der Waals surface area contributed by atoms with Crippen LogP contribution in [0.25, 0.3) is 0 Å². The summed E-state index contributed by atoms with van der Waals surface area (Å²) in [5, 5.41) is 6.10. The molecule has 1 fully saturated rings. The van der Waals surface area contributed by atoms with E-state index in [-0.39, 0.29) is 5.91 Å². The van der Waals surface area contributed by atoms with Crippen LogP contribution in [0.3, 0.4) is 0 Å². The van der Waals surface area contributed by atoms with Gasteiger partial charge in [-0.3, -0.25) is 4.79 Å². The molecule has 0 unspecified atom stereocenters. The molecule has 2 heterocycles. The van der Waals surface area contributed by atoms with E-state index in [0.29, 0.717) is 38.5 Å². The summed E-state index contributed by atoms with van der Waals surface area (Å²) in [5.74, 6) is 0.638. The van der Waals surface area contributed by atoms with Gasteiger partial charge in [-0.05, 0) is 12.1 Å². The fourth-order valence-corrected chi connectivity index (χ4v) is 2.26. The van der Waals surface area contributed by atoms with Crippen LogP contribution in [0, 0.1) is 0 Å². The van der Waals surface area contributed by atoms with Crippen molar-refractivity contribution in [1.29, 1.82) is 0 Å². The van der Waals surface area contributed by atoms with Crippen LogP contribution in [0.5, 0.6) is 0 Å². The van der Waals surface area contributed by atoms with Crippen molar-refractivity contribution in [3.63, 3.8) is 0 Å². The summed E-state index contributed by atoms with van der Waals surface area (Å²) < 4.78 is 10.3. The van der Waals surface area contributed by atoms with Gasteiger partial charge in [0.2, 0.25) is 0 Å². The number of hydrogen-bond acceptors (Lipinski definition) is 6. The molecule has 1 amide bonds. The van der Waals surface area contributed by atoms with Gasteiger partial charge in [0.05, 0.1) is 25.4 Å². The zero-order valence-electron chi connectivity index (χ0n) is 13.0. The molecule has 0 bridgehead atoms. The van der Waals surface area contributed by atoms with Gasteiger partial charge in [-0.2, -0.15) is 0 Å². The SMILES string of the molecule is COCCNCCNC(=O)c1cccnc1N1CCOCC1. The number of rotatable bonds is 8. The molecule has 0 radical (unpaired) electrons. The molecule has 0 saturated carbocycles. The molecule has 22 heavy (non-hydrogen) atoms. The van der Waals surface area contributed by atoms with Gasteiger partial charge in [0.15, 0.2) is 0 Å². The standard InChI is InChI=1S/C15H24N4O3/c1-21-10-7-16-5-6-18-15(20)13-3-2-4-17-14(13)19-8-11-22-12-9-19/h2-4,16H,5-12H2,1H3,(H,18,20). The molecule has 2 N–H and O–H groups in total. The summed E-state index contributed by atoms with van der Waals surface area (Å²) in [4.78, 5) is 18.8. The zero-order chi connectivity index (χ0) is 15.6. The Labute approximate surface area is 131 Å². The first kappa shape index (κ1) is 16.7. The van der Waals surface area contributed by atoms with Crippen molar-refractivity contribution in [3.05, 3.63) is 23.9 Å². The molecule has 1 saturated heterocycles. The minimum absolute atomic E-state index is 0.0943. The second kappa shape index (κ2) is 9.34. The molecule has 0 aliphatic carbocycles. The molecular formula is C15H24N4O3. The van der Waals surface area contributed by atoms with Crippen molar-refractivity contribution in [1.82, 2.24) is 15.6 Å². The van der Waals surface area contributed by atoms with Gasteiger partial charge >= 0.3 is 0 Å². The summed E-state index contributed by atoms with van der Waals surface area (Å²) >= 11 is 0. The van der Waals surface area contributed by atoms with Crippen LogP contribution < -0.4 is 15.5 Å². The maximum absolute atomic E-state index is 12.3. The topological polar surface area (TPSA) is 75.7 Å². The number of hydrogen-bond donors (Lipinski definition) is 2. The molecule has 0 atom stereocenters. The molecule has 0 aromatic carbocycles. The minimum Gasteiger partial charge on any atom is -0.383 e. The Morgan fingerprint density at radius 3 is 2.95 bits per heavy atom. The van der Waals surface area contributed by atoms with Gasteiger partial charge in [-0.1, -0.05) is 0 Å². The second-order valence-corrected chi connectivity index (χ2v) is 4.97. The summed E-state index contributed by atoms with van der Waals surface area (Å²) in [6.07, 6.45) is 1.72. The highest BCUT2D eigenvalue weighted by Crippen LogP contribution is 2.18. The number of carbonyl (C=O) groups excluding carboxylic acids is 1. The van der Waals surface area contributed by atoms with Crippen molar-refractivity contribution in [2.75, 3.05) is 64.6 Å². The fraction of sp³-hybridized carbons (Fsp3) is 0.600. The quantitative estimate of drug-likeness (QED) is 0.652. The van der Waals surface area contributed by atoms with Crippen LogP contribution in [0.15, 0.2) is 18.3 Å².